The SMILES string of the molecule is CONC(=O)c1cc(Cl)cs1. The quantitative estimate of drug-likeness (QED) is 0.723. The van der Waals surface area contributed by atoms with Crippen LogP contribution in [0.25, 0.3) is 0 Å². The normalized spacial score (nSPS) is 9.64. The highest BCUT2D eigenvalue weighted by molar-refractivity contribution is 7.12. The highest BCUT2D eigenvalue weighted by atomic mass is 35.5. The summed E-state index contributed by atoms with van der Waals surface area (Å²) in [6, 6.07) is 1.58. The second-order valence-corrected chi connectivity index (χ2v) is 3.11. The summed E-state index contributed by atoms with van der Waals surface area (Å²) in [5, 5.41) is 2.25. The van der Waals surface area contributed by atoms with Crippen LogP contribution in [-0.4, -0.2) is 13.0 Å². The summed E-state index contributed by atoms with van der Waals surface area (Å²) in [6.07, 6.45) is 0. The average molecular weight is 192 g/mol. The van der Waals surface area contributed by atoms with Gasteiger partial charge in [0, 0.05) is 5.38 Å². The van der Waals surface area contributed by atoms with Gasteiger partial charge < -0.3 is 0 Å². The number of hydrogen-bond donors (Lipinski definition) is 1. The van der Waals surface area contributed by atoms with Crippen molar-refractivity contribution in [2.24, 2.45) is 0 Å². The number of carbonyl (C=O) groups excluding carboxylic acids is 1. The first-order chi connectivity index (χ1) is 5.24. The Morgan fingerprint density at radius 1 is 1.82 bits per heavy atom. The van der Waals surface area contributed by atoms with E-state index < -0.39 is 0 Å². The predicted octanol–water partition coefficient (Wildman–Crippen LogP) is 1.69. The van der Waals surface area contributed by atoms with E-state index in [9.17, 15) is 4.79 Å². The fraction of sp³-hybridized carbons (Fsp3) is 0.167. The Kier molecular flexibility index (Phi) is 2.87. The van der Waals surface area contributed by atoms with E-state index >= 15 is 0 Å². The monoisotopic (exact) mass is 191 g/mol. The third-order valence-corrected chi connectivity index (χ3v) is 2.26. The van der Waals surface area contributed by atoms with Gasteiger partial charge in [0.1, 0.15) is 0 Å². The molecule has 11 heavy (non-hydrogen) atoms. The number of hydroxylamine groups is 1. The van der Waals surface area contributed by atoms with E-state index in [1.807, 2.05) is 0 Å². The summed E-state index contributed by atoms with van der Waals surface area (Å²) in [7, 11) is 1.38. The second kappa shape index (κ2) is 3.71. The van der Waals surface area contributed by atoms with Gasteiger partial charge in [-0.05, 0) is 6.07 Å². The van der Waals surface area contributed by atoms with Crippen LogP contribution in [0.5, 0.6) is 0 Å². The smallest absolute Gasteiger partial charge is 0.277 e. The molecule has 1 N–H and O–H groups in total. The molecule has 60 valence electrons. The first-order valence-electron chi connectivity index (χ1n) is 2.81. The van der Waals surface area contributed by atoms with Crippen molar-refractivity contribution in [3.63, 3.8) is 0 Å². The molecule has 1 aromatic heterocycles. The predicted molar refractivity (Wildman–Crippen MR) is 43.8 cm³/mol. The van der Waals surface area contributed by atoms with Crippen molar-refractivity contribution in [2.75, 3.05) is 7.11 Å². The Bertz CT molecular complexity index is 261. The second-order valence-electron chi connectivity index (χ2n) is 1.76. The highest BCUT2D eigenvalue weighted by Gasteiger charge is 2.06. The number of nitrogens with one attached hydrogen (secondary N) is 1. The van der Waals surface area contributed by atoms with Crippen molar-refractivity contribution in [1.82, 2.24) is 5.48 Å². The molecular formula is C6H6ClNO2S. The summed E-state index contributed by atoms with van der Waals surface area (Å²) in [4.78, 5) is 15.9. The molecule has 0 saturated carbocycles. The summed E-state index contributed by atoms with van der Waals surface area (Å²) >= 11 is 6.87. The van der Waals surface area contributed by atoms with Crippen molar-refractivity contribution in [1.29, 1.82) is 0 Å². The standard InChI is InChI=1S/C6H6ClNO2S/c1-10-8-6(9)5-2-4(7)3-11-5/h2-3H,1H3,(H,8,9). The van der Waals surface area contributed by atoms with Gasteiger partial charge in [-0.15, -0.1) is 11.3 Å². The van der Waals surface area contributed by atoms with Crippen LogP contribution in [0.2, 0.25) is 5.02 Å². The zero-order chi connectivity index (χ0) is 8.27. The molecule has 0 unspecified atom stereocenters. The lowest BCUT2D eigenvalue weighted by Crippen LogP contribution is -2.20. The van der Waals surface area contributed by atoms with Crippen LogP contribution in [0.15, 0.2) is 11.4 Å². The van der Waals surface area contributed by atoms with Crippen LogP contribution in [0.1, 0.15) is 9.67 Å². The molecule has 0 aliphatic carbocycles. The number of hydrogen-bond acceptors (Lipinski definition) is 3. The number of halogens is 1. The van der Waals surface area contributed by atoms with Gasteiger partial charge in [0.15, 0.2) is 0 Å². The Morgan fingerprint density at radius 3 is 3.00 bits per heavy atom. The topological polar surface area (TPSA) is 38.3 Å². The van der Waals surface area contributed by atoms with Crippen LogP contribution in [-0.2, 0) is 4.84 Å². The average Bonchev–Trinajstić information content (AvgIpc) is 2.36. The van der Waals surface area contributed by atoms with Gasteiger partial charge in [0.2, 0.25) is 0 Å². The molecule has 0 bridgehead atoms. The number of carbonyl (C=O) groups is 1. The Labute approximate surface area is 72.9 Å². The maximum Gasteiger partial charge on any atom is 0.284 e. The summed E-state index contributed by atoms with van der Waals surface area (Å²) in [5.41, 5.74) is 2.19. The maximum absolute atomic E-state index is 11.0. The first-order valence-corrected chi connectivity index (χ1v) is 4.07. The molecule has 0 aromatic carbocycles. The molecule has 0 aliphatic heterocycles. The van der Waals surface area contributed by atoms with E-state index in [0.717, 1.165) is 0 Å². The fourth-order valence-corrected chi connectivity index (χ4v) is 1.53. The van der Waals surface area contributed by atoms with Crippen molar-refractivity contribution in [3.8, 4) is 0 Å². The zero-order valence-electron chi connectivity index (χ0n) is 5.76. The molecular weight excluding hydrogens is 186 g/mol. The Balaban J connectivity index is 2.69. The van der Waals surface area contributed by atoms with Gasteiger partial charge >= 0.3 is 0 Å². The van der Waals surface area contributed by atoms with Crippen molar-refractivity contribution in [2.45, 2.75) is 0 Å². The van der Waals surface area contributed by atoms with Crippen molar-refractivity contribution in [3.05, 3.63) is 21.3 Å². The summed E-state index contributed by atoms with van der Waals surface area (Å²) < 4.78 is 0. The molecule has 1 heterocycles. The van der Waals surface area contributed by atoms with Gasteiger partial charge in [-0.25, -0.2) is 5.48 Å². The van der Waals surface area contributed by atoms with Gasteiger partial charge in [-0.1, -0.05) is 11.6 Å². The van der Waals surface area contributed by atoms with Gasteiger partial charge in [-0.2, -0.15) is 0 Å². The Hall–Kier alpha value is -0.580. The molecule has 0 saturated heterocycles. The third kappa shape index (κ3) is 2.18. The molecule has 0 atom stereocenters. The van der Waals surface area contributed by atoms with E-state index in [4.69, 9.17) is 11.6 Å². The van der Waals surface area contributed by atoms with Crippen molar-refractivity contribution < 1.29 is 9.63 Å². The molecule has 1 aromatic rings. The van der Waals surface area contributed by atoms with Crippen LogP contribution in [0.3, 0.4) is 0 Å². The highest BCUT2D eigenvalue weighted by Crippen LogP contribution is 2.18. The number of rotatable bonds is 2. The summed E-state index contributed by atoms with van der Waals surface area (Å²) in [5.74, 6) is -0.274. The summed E-state index contributed by atoms with van der Waals surface area (Å²) in [6.45, 7) is 0. The molecule has 0 aliphatic rings. The Morgan fingerprint density at radius 2 is 2.55 bits per heavy atom. The molecule has 0 radical (unpaired) electrons. The van der Waals surface area contributed by atoms with Crippen LogP contribution < -0.4 is 5.48 Å². The molecule has 1 rings (SSSR count). The minimum atomic E-state index is -0.274. The van der Waals surface area contributed by atoms with Crippen LogP contribution in [0, 0.1) is 0 Å². The molecule has 1 amide bonds. The lowest BCUT2D eigenvalue weighted by Gasteiger charge is -1.96. The lowest BCUT2D eigenvalue weighted by atomic mass is 10.4. The van der Waals surface area contributed by atoms with E-state index in [0.29, 0.717) is 9.90 Å². The maximum atomic E-state index is 11.0. The largest absolute Gasteiger partial charge is 0.284 e. The minimum absolute atomic E-state index is 0.274. The van der Waals surface area contributed by atoms with E-state index in [2.05, 4.69) is 10.3 Å². The molecule has 0 fully saturated rings. The van der Waals surface area contributed by atoms with Gasteiger partial charge in [-0.3, -0.25) is 9.63 Å². The van der Waals surface area contributed by atoms with E-state index in [1.165, 1.54) is 18.4 Å². The van der Waals surface area contributed by atoms with Crippen LogP contribution in [0.4, 0.5) is 0 Å². The number of thiophene rings is 1. The fourth-order valence-electron chi connectivity index (χ4n) is 0.575. The van der Waals surface area contributed by atoms with Gasteiger partial charge in [0.25, 0.3) is 5.91 Å². The van der Waals surface area contributed by atoms with Crippen LogP contribution >= 0.6 is 22.9 Å². The van der Waals surface area contributed by atoms with E-state index in [-0.39, 0.29) is 5.91 Å². The minimum Gasteiger partial charge on any atom is -0.277 e. The first kappa shape index (κ1) is 8.52. The number of amides is 1. The van der Waals surface area contributed by atoms with Crippen molar-refractivity contribution >= 4 is 28.8 Å². The third-order valence-electron chi connectivity index (χ3n) is 0.986. The molecule has 0 spiro atoms. The zero-order valence-corrected chi connectivity index (χ0v) is 7.33. The molecule has 3 nitrogen and oxygen atoms in total. The van der Waals surface area contributed by atoms with E-state index in [1.54, 1.807) is 11.4 Å². The lowest BCUT2D eigenvalue weighted by molar-refractivity contribution is 0.0542. The van der Waals surface area contributed by atoms with Gasteiger partial charge in [0.05, 0.1) is 17.0 Å². The molecule has 5 heteroatoms.